The molecule has 0 amide bonds. The molecular weight excluding hydrogens is 310 g/mol. The first-order valence-electron chi connectivity index (χ1n) is 7.92. The predicted molar refractivity (Wildman–Crippen MR) is 102 cm³/mol. The lowest BCUT2D eigenvalue weighted by Crippen LogP contribution is -2.00. The van der Waals surface area contributed by atoms with Crippen molar-refractivity contribution in [2.24, 2.45) is 0 Å². The summed E-state index contributed by atoms with van der Waals surface area (Å²) in [4.78, 5) is 8.52. The molecule has 2 heterocycles. The van der Waals surface area contributed by atoms with Crippen LogP contribution in [0.3, 0.4) is 0 Å². The zero-order valence-electron chi connectivity index (χ0n) is 13.6. The summed E-state index contributed by atoms with van der Waals surface area (Å²) < 4.78 is 1.94. The number of benzene rings is 2. The summed E-state index contributed by atoms with van der Waals surface area (Å²) in [5.74, 6) is 0.417. The number of anilines is 2. The zero-order valence-corrected chi connectivity index (χ0v) is 13.6. The number of aromatic nitrogens is 3. The van der Waals surface area contributed by atoms with Crippen molar-refractivity contribution in [1.82, 2.24) is 14.4 Å². The lowest BCUT2D eigenvalue weighted by molar-refractivity contribution is 1.14. The lowest BCUT2D eigenvalue weighted by atomic mass is 10.1. The molecule has 25 heavy (non-hydrogen) atoms. The van der Waals surface area contributed by atoms with E-state index in [0.29, 0.717) is 11.5 Å². The SMILES string of the molecule is C=C(Nc1ccccc1)c1cccc(-c2cnc(N)c3nccn23)c1. The van der Waals surface area contributed by atoms with Crippen LogP contribution in [0.5, 0.6) is 0 Å². The first-order chi connectivity index (χ1) is 12.2. The molecule has 4 aromatic rings. The van der Waals surface area contributed by atoms with E-state index in [1.807, 2.05) is 59.1 Å². The van der Waals surface area contributed by atoms with Gasteiger partial charge in [-0.15, -0.1) is 0 Å². The van der Waals surface area contributed by atoms with Crippen LogP contribution >= 0.6 is 0 Å². The third kappa shape index (κ3) is 2.83. The van der Waals surface area contributed by atoms with Crippen molar-refractivity contribution < 1.29 is 0 Å². The number of hydrogen-bond acceptors (Lipinski definition) is 4. The molecule has 0 unspecified atom stereocenters. The van der Waals surface area contributed by atoms with Gasteiger partial charge in [-0.1, -0.05) is 43.0 Å². The maximum absolute atomic E-state index is 5.89. The van der Waals surface area contributed by atoms with Gasteiger partial charge in [-0.2, -0.15) is 0 Å². The van der Waals surface area contributed by atoms with Gasteiger partial charge in [0.25, 0.3) is 0 Å². The second-order valence-electron chi connectivity index (χ2n) is 5.70. The molecule has 0 saturated carbocycles. The van der Waals surface area contributed by atoms with Crippen molar-refractivity contribution in [1.29, 1.82) is 0 Å². The number of nitrogen functional groups attached to an aromatic ring is 1. The minimum absolute atomic E-state index is 0.417. The van der Waals surface area contributed by atoms with E-state index in [0.717, 1.165) is 28.2 Å². The minimum Gasteiger partial charge on any atom is -0.381 e. The van der Waals surface area contributed by atoms with Crippen molar-refractivity contribution in [3.63, 3.8) is 0 Å². The zero-order chi connectivity index (χ0) is 17.2. The highest BCUT2D eigenvalue weighted by Crippen LogP contribution is 2.25. The normalized spacial score (nSPS) is 10.7. The Balaban J connectivity index is 1.71. The van der Waals surface area contributed by atoms with Gasteiger partial charge in [-0.3, -0.25) is 4.40 Å². The lowest BCUT2D eigenvalue weighted by Gasteiger charge is -2.12. The van der Waals surface area contributed by atoms with Gasteiger partial charge in [-0.25, -0.2) is 9.97 Å². The number of para-hydroxylation sites is 1. The molecular formula is C20H17N5. The van der Waals surface area contributed by atoms with E-state index in [-0.39, 0.29) is 0 Å². The van der Waals surface area contributed by atoms with Gasteiger partial charge in [0.15, 0.2) is 11.5 Å². The number of fused-ring (bicyclic) bond motifs is 1. The van der Waals surface area contributed by atoms with Gasteiger partial charge in [0, 0.05) is 29.3 Å². The number of nitrogens with two attached hydrogens (primary N) is 1. The summed E-state index contributed by atoms with van der Waals surface area (Å²) >= 11 is 0. The summed E-state index contributed by atoms with van der Waals surface area (Å²) in [6.45, 7) is 4.16. The van der Waals surface area contributed by atoms with Gasteiger partial charge in [-0.05, 0) is 23.8 Å². The average Bonchev–Trinajstić information content (AvgIpc) is 3.14. The summed E-state index contributed by atoms with van der Waals surface area (Å²) in [5.41, 5.74) is 11.3. The molecule has 2 aromatic carbocycles. The molecule has 122 valence electrons. The molecule has 0 fully saturated rings. The number of imidazole rings is 1. The molecule has 0 atom stereocenters. The van der Waals surface area contributed by atoms with E-state index in [2.05, 4.69) is 27.9 Å². The van der Waals surface area contributed by atoms with Crippen molar-refractivity contribution in [3.8, 4) is 11.3 Å². The van der Waals surface area contributed by atoms with Crippen LogP contribution in [0, 0.1) is 0 Å². The Hall–Kier alpha value is -3.60. The maximum Gasteiger partial charge on any atom is 0.180 e. The summed E-state index contributed by atoms with van der Waals surface area (Å²) in [5, 5.41) is 3.33. The number of hydrogen-bond donors (Lipinski definition) is 2. The third-order valence-corrected chi connectivity index (χ3v) is 4.03. The summed E-state index contributed by atoms with van der Waals surface area (Å²) in [6.07, 6.45) is 5.36. The quantitative estimate of drug-likeness (QED) is 0.593. The van der Waals surface area contributed by atoms with Gasteiger partial charge >= 0.3 is 0 Å². The van der Waals surface area contributed by atoms with E-state index in [9.17, 15) is 0 Å². The number of nitrogens with one attached hydrogen (secondary N) is 1. The smallest absolute Gasteiger partial charge is 0.180 e. The molecule has 5 heteroatoms. The van der Waals surface area contributed by atoms with E-state index in [1.165, 1.54) is 0 Å². The van der Waals surface area contributed by atoms with Gasteiger partial charge in [0.1, 0.15) is 0 Å². The highest BCUT2D eigenvalue weighted by Gasteiger charge is 2.09. The van der Waals surface area contributed by atoms with E-state index >= 15 is 0 Å². The first kappa shape index (κ1) is 15.0. The summed E-state index contributed by atoms with van der Waals surface area (Å²) in [7, 11) is 0. The van der Waals surface area contributed by atoms with Crippen LogP contribution < -0.4 is 11.1 Å². The molecule has 0 aliphatic rings. The van der Waals surface area contributed by atoms with Gasteiger partial charge in [0.2, 0.25) is 0 Å². The largest absolute Gasteiger partial charge is 0.381 e. The monoisotopic (exact) mass is 327 g/mol. The third-order valence-electron chi connectivity index (χ3n) is 4.03. The Labute approximate surface area is 145 Å². The molecule has 2 aromatic heterocycles. The van der Waals surface area contributed by atoms with E-state index < -0.39 is 0 Å². The van der Waals surface area contributed by atoms with Crippen LogP contribution in [0.25, 0.3) is 22.6 Å². The molecule has 0 bridgehead atoms. The van der Waals surface area contributed by atoms with Gasteiger partial charge < -0.3 is 11.1 Å². The van der Waals surface area contributed by atoms with Crippen molar-refractivity contribution in [3.05, 3.63) is 85.3 Å². The Bertz CT molecular complexity index is 1050. The van der Waals surface area contributed by atoms with E-state index in [4.69, 9.17) is 5.73 Å². The standard InChI is InChI=1S/C20H17N5/c1-14(24-17-8-3-2-4-9-17)15-6-5-7-16(12-15)18-13-23-19(21)20-22-10-11-25(18)20/h2-13,24H,1H2,(H2,21,23). The second-order valence-corrected chi connectivity index (χ2v) is 5.70. The Morgan fingerprint density at radius 3 is 2.72 bits per heavy atom. The highest BCUT2D eigenvalue weighted by molar-refractivity contribution is 5.78. The Morgan fingerprint density at radius 1 is 1.04 bits per heavy atom. The van der Waals surface area contributed by atoms with E-state index in [1.54, 1.807) is 12.4 Å². The topological polar surface area (TPSA) is 68.2 Å². The van der Waals surface area contributed by atoms with Crippen LogP contribution in [0.15, 0.2) is 79.8 Å². The summed E-state index contributed by atoms with van der Waals surface area (Å²) in [6, 6.07) is 18.1. The maximum atomic E-state index is 5.89. The molecule has 0 aliphatic carbocycles. The van der Waals surface area contributed by atoms with Crippen LogP contribution in [-0.2, 0) is 0 Å². The average molecular weight is 327 g/mol. The molecule has 5 nitrogen and oxygen atoms in total. The highest BCUT2D eigenvalue weighted by atomic mass is 15.1. The molecule has 4 rings (SSSR count). The molecule has 0 radical (unpaired) electrons. The number of rotatable bonds is 4. The molecule has 0 spiro atoms. The Kier molecular flexibility index (Phi) is 3.67. The number of nitrogens with zero attached hydrogens (tertiary/aromatic N) is 3. The van der Waals surface area contributed by atoms with Crippen LogP contribution in [-0.4, -0.2) is 14.4 Å². The van der Waals surface area contributed by atoms with Crippen LogP contribution in [0.1, 0.15) is 5.56 Å². The fourth-order valence-corrected chi connectivity index (χ4v) is 2.79. The molecule has 0 saturated heterocycles. The van der Waals surface area contributed by atoms with Crippen molar-refractivity contribution >= 4 is 22.8 Å². The van der Waals surface area contributed by atoms with Gasteiger partial charge in [0.05, 0.1) is 11.9 Å². The fourth-order valence-electron chi connectivity index (χ4n) is 2.79. The first-order valence-corrected chi connectivity index (χ1v) is 7.92. The molecule has 3 N–H and O–H groups in total. The van der Waals surface area contributed by atoms with Crippen LogP contribution in [0.4, 0.5) is 11.5 Å². The van der Waals surface area contributed by atoms with Crippen molar-refractivity contribution in [2.75, 3.05) is 11.1 Å². The fraction of sp³-hybridized carbons (Fsp3) is 0. The second kappa shape index (κ2) is 6.13. The van der Waals surface area contributed by atoms with Crippen LogP contribution in [0.2, 0.25) is 0 Å². The van der Waals surface area contributed by atoms with Crippen molar-refractivity contribution in [2.45, 2.75) is 0 Å². The predicted octanol–water partition coefficient (Wildman–Crippen LogP) is 4.06. The molecule has 0 aliphatic heterocycles. The minimum atomic E-state index is 0.417. The Morgan fingerprint density at radius 2 is 1.88 bits per heavy atom.